The Labute approximate surface area is 145 Å². The molecule has 6 nitrogen and oxygen atoms in total. The number of nitrogens with one attached hydrogen (secondary N) is 1. The Bertz CT molecular complexity index is 740. The van der Waals surface area contributed by atoms with Gasteiger partial charge in [0.15, 0.2) is 6.23 Å². The van der Waals surface area contributed by atoms with Crippen LogP contribution in [0.1, 0.15) is 22.1 Å². The van der Waals surface area contributed by atoms with Crippen molar-refractivity contribution in [1.82, 2.24) is 5.32 Å². The summed E-state index contributed by atoms with van der Waals surface area (Å²) in [5, 5.41) is 2.85. The van der Waals surface area contributed by atoms with Gasteiger partial charge in [0, 0.05) is 5.56 Å². The molecule has 0 bridgehead atoms. The molecule has 2 atom stereocenters. The summed E-state index contributed by atoms with van der Waals surface area (Å²) in [6.07, 6.45) is -0.544. The predicted octanol–water partition coefficient (Wildman–Crippen LogP) is 2.30. The molecule has 1 fully saturated rings. The summed E-state index contributed by atoms with van der Waals surface area (Å²) in [5.74, 6) is 1.19. The molecule has 2 aromatic carbocycles. The van der Waals surface area contributed by atoms with E-state index in [2.05, 4.69) is 5.32 Å². The highest BCUT2D eigenvalue weighted by molar-refractivity contribution is 5.97. The van der Waals surface area contributed by atoms with Crippen molar-refractivity contribution in [3.05, 3.63) is 59.7 Å². The Morgan fingerprint density at radius 1 is 1.08 bits per heavy atom. The molecule has 130 valence electrons. The first kappa shape index (κ1) is 15.9. The van der Waals surface area contributed by atoms with Crippen molar-refractivity contribution in [3.8, 4) is 11.5 Å². The van der Waals surface area contributed by atoms with Crippen molar-refractivity contribution >= 4 is 5.91 Å². The van der Waals surface area contributed by atoms with Crippen LogP contribution in [0.5, 0.6) is 11.5 Å². The van der Waals surface area contributed by atoms with Crippen LogP contribution in [-0.2, 0) is 9.47 Å². The number of hydrogen-bond acceptors (Lipinski definition) is 5. The minimum Gasteiger partial charge on any atom is -0.491 e. The largest absolute Gasteiger partial charge is 0.491 e. The molecule has 0 aromatic heterocycles. The third kappa shape index (κ3) is 3.60. The van der Waals surface area contributed by atoms with Crippen LogP contribution < -0.4 is 14.8 Å². The van der Waals surface area contributed by atoms with E-state index >= 15 is 0 Å². The van der Waals surface area contributed by atoms with Gasteiger partial charge in [-0.05, 0) is 36.4 Å². The van der Waals surface area contributed by atoms with Gasteiger partial charge in [-0.2, -0.15) is 0 Å². The Balaban J connectivity index is 1.40. The average molecular weight is 341 g/mol. The fourth-order valence-electron chi connectivity index (χ4n) is 2.82. The van der Waals surface area contributed by atoms with Gasteiger partial charge < -0.3 is 24.3 Å². The van der Waals surface area contributed by atoms with Crippen molar-refractivity contribution in [3.63, 3.8) is 0 Å². The quantitative estimate of drug-likeness (QED) is 0.924. The van der Waals surface area contributed by atoms with Crippen molar-refractivity contribution in [1.29, 1.82) is 0 Å². The molecule has 1 saturated heterocycles. The zero-order valence-electron chi connectivity index (χ0n) is 13.6. The molecule has 0 radical (unpaired) electrons. The molecule has 0 unspecified atom stereocenters. The van der Waals surface area contributed by atoms with E-state index in [4.69, 9.17) is 18.9 Å². The lowest BCUT2D eigenvalue weighted by atomic mass is 10.1. The van der Waals surface area contributed by atoms with Crippen LogP contribution in [0.3, 0.4) is 0 Å². The number of para-hydroxylation sites is 1. The second-order valence-corrected chi connectivity index (χ2v) is 5.92. The lowest BCUT2D eigenvalue weighted by Crippen LogP contribution is -2.36. The lowest BCUT2D eigenvalue weighted by molar-refractivity contribution is -0.101. The Hall–Kier alpha value is -2.57. The van der Waals surface area contributed by atoms with Gasteiger partial charge in [-0.25, -0.2) is 0 Å². The molecule has 1 amide bonds. The van der Waals surface area contributed by atoms with Gasteiger partial charge in [0.2, 0.25) is 0 Å². The molecular formula is C19H19NO5. The highest BCUT2D eigenvalue weighted by Gasteiger charge is 2.26. The summed E-state index contributed by atoms with van der Waals surface area (Å²) < 4.78 is 22.5. The fraction of sp³-hybridized carbons (Fsp3) is 0.316. The standard InChI is InChI=1S/C19H19NO5/c21-18-16-3-1-2-4-17(16)25-19(20-18)13-5-7-14(8-6-13)24-12-15-11-22-9-10-23-15/h1-8,15,19H,9-12H2,(H,20,21)/t15-,19-/m0/s1. The number of hydrogen-bond donors (Lipinski definition) is 1. The first-order chi connectivity index (χ1) is 12.3. The Morgan fingerprint density at radius 3 is 2.72 bits per heavy atom. The van der Waals surface area contributed by atoms with E-state index in [9.17, 15) is 4.79 Å². The monoisotopic (exact) mass is 341 g/mol. The number of rotatable bonds is 4. The molecule has 2 heterocycles. The molecule has 0 spiro atoms. The lowest BCUT2D eigenvalue weighted by Gasteiger charge is -2.27. The average Bonchev–Trinajstić information content (AvgIpc) is 2.68. The highest BCUT2D eigenvalue weighted by atomic mass is 16.6. The van der Waals surface area contributed by atoms with Crippen LogP contribution in [0.4, 0.5) is 0 Å². The maximum Gasteiger partial charge on any atom is 0.258 e. The van der Waals surface area contributed by atoms with Crippen molar-refractivity contribution < 1.29 is 23.7 Å². The topological polar surface area (TPSA) is 66.0 Å². The molecule has 0 saturated carbocycles. The number of carbonyl (C=O) groups excluding carboxylic acids is 1. The molecule has 2 aliphatic rings. The zero-order valence-corrected chi connectivity index (χ0v) is 13.6. The number of fused-ring (bicyclic) bond motifs is 1. The molecule has 6 heteroatoms. The second kappa shape index (κ2) is 7.13. The maximum atomic E-state index is 12.2. The van der Waals surface area contributed by atoms with E-state index in [1.54, 1.807) is 12.1 Å². The zero-order chi connectivity index (χ0) is 17.1. The first-order valence-corrected chi connectivity index (χ1v) is 8.28. The smallest absolute Gasteiger partial charge is 0.258 e. The van der Waals surface area contributed by atoms with Crippen molar-refractivity contribution in [2.75, 3.05) is 26.4 Å². The molecule has 2 aromatic rings. The van der Waals surface area contributed by atoms with Crippen LogP contribution >= 0.6 is 0 Å². The third-order valence-corrected chi connectivity index (χ3v) is 4.14. The van der Waals surface area contributed by atoms with Gasteiger partial charge in [0.05, 0.1) is 25.4 Å². The first-order valence-electron chi connectivity index (χ1n) is 8.28. The van der Waals surface area contributed by atoms with Gasteiger partial charge >= 0.3 is 0 Å². The molecule has 2 aliphatic heterocycles. The molecular weight excluding hydrogens is 322 g/mol. The summed E-state index contributed by atoms with van der Waals surface area (Å²) >= 11 is 0. The van der Waals surface area contributed by atoms with E-state index in [0.717, 1.165) is 11.3 Å². The Kier molecular flexibility index (Phi) is 4.54. The third-order valence-electron chi connectivity index (χ3n) is 4.14. The minimum absolute atomic E-state index is 0.0362. The van der Waals surface area contributed by atoms with Crippen molar-refractivity contribution in [2.24, 2.45) is 0 Å². The van der Waals surface area contributed by atoms with E-state index < -0.39 is 6.23 Å². The molecule has 25 heavy (non-hydrogen) atoms. The summed E-state index contributed by atoms with van der Waals surface area (Å²) in [7, 11) is 0. The van der Waals surface area contributed by atoms with E-state index in [-0.39, 0.29) is 12.0 Å². The van der Waals surface area contributed by atoms with Gasteiger partial charge in [-0.1, -0.05) is 12.1 Å². The van der Waals surface area contributed by atoms with E-state index in [1.165, 1.54) is 0 Å². The van der Waals surface area contributed by atoms with Gasteiger partial charge in [-0.15, -0.1) is 0 Å². The maximum absolute atomic E-state index is 12.2. The summed E-state index contributed by atoms with van der Waals surface area (Å²) in [6.45, 7) is 2.25. The number of benzene rings is 2. The summed E-state index contributed by atoms with van der Waals surface area (Å²) in [4.78, 5) is 12.2. The summed E-state index contributed by atoms with van der Waals surface area (Å²) in [5.41, 5.74) is 1.40. The SMILES string of the molecule is O=C1N[C@H](c2ccc(OC[C@@H]3COCCO3)cc2)Oc2ccccc21. The molecule has 4 rings (SSSR count). The second-order valence-electron chi connectivity index (χ2n) is 5.92. The number of amides is 1. The van der Waals surface area contributed by atoms with Gasteiger partial charge in [0.25, 0.3) is 5.91 Å². The van der Waals surface area contributed by atoms with Crippen molar-refractivity contribution in [2.45, 2.75) is 12.3 Å². The van der Waals surface area contributed by atoms with Crippen LogP contribution in [0, 0.1) is 0 Å². The normalized spacial score (nSPS) is 22.5. The van der Waals surface area contributed by atoms with E-state index in [1.807, 2.05) is 36.4 Å². The van der Waals surface area contributed by atoms with Crippen LogP contribution in [-0.4, -0.2) is 38.4 Å². The Morgan fingerprint density at radius 2 is 1.92 bits per heavy atom. The predicted molar refractivity (Wildman–Crippen MR) is 89.8 cm³/mol. The molecule has 1 N–H and O–H groups in total. The molecule has 0 aliphatic carbocycles. The van der Waals surface area contributed by atoms with E-state index in [0.29, 0.717) is 37.7 Å². The fourth-order valence-corrected chi connectivity index (χ4v) is 2.82. The number of ether oxygens (including phenoxy) is 4. The van der Waals surface area contributed by atoms with Crippen LogP contribution in [0.25, 0.3) is 0 Å². The van der Waals surface area contributed by atoms with Crippen LogP contribution in [0.15, 0.2) is 48.5 Å². The number of carbonyl (C=O) groups is 1. The minimum atomic E-state index is -0.508. The van der Waals surface area contributed by atoms with Gasteiger partial charge in [0.1, 0.15) is 24.2 Å². The van der Waals surface area contributed by atoms with Crippen LogP contribution in [0.2, 0.25) is 0 Å². The summed E-state index contributed by atoms with van der Waals surface area (Å²) in [6, 6.07) is 14.7. The van der Waals surface area contributed by atoms with Gasteiger partial charge in [-0.3, -0.25) is 4.79 Å². The highest BCUT2D eigenvalue weighted by Crippen LogP contribution is 2.29.